The first-order valence-electron chi connectivity index (χ1n) is 6.09. The van der Waals surface area contributed by atoms with Crippen LogP contribution < -0.4 is 5.32 Å². The SMILES string of the molecule is O=C(O)c1cc(F)c(NC2(CO)CCCC2)c(F)c1. The van der Waals surface area contributed by atoms with Gasteiger partial charge in [-0.15, -0.1) is 0 Å². The Balaban J connectivity index is 2.32. The first kappa shape index (κ1) is 13.7. The topological polar surface area (TPSA) is 69.6 Å². The molecule has 1 saturated carbocycles. The Bertz CT molecular complexity index is 476. The molecule has 4 nitrogen and oxygen atoms in total. The van der Waals surface area contributed by atoms with E-state index in [0.29, 0.717) is 12.8 Å². The average molecular weight is 271 g/mol. The number of carboxylic acid groups (broad SMARTS) is 1. The third kappa shape index (κ3) is 2.68. The fourth-order valence-corrected chi connectivity index (χ4v) is 2.46. The second kappa shape index (κ2) is 5.13. The number of halogens is 2. The molecule has 2 rings (SSSR count). The van der Waals surface area contributed by atoms with Gasteiger partial charge in [0.15, 0.2) is 0 Å². The number of anilines is 1. The summed E-state index contributed by atoms with van der Waals surface area (Å²) in [5.74, 6) is -3.31. The molecule has 3 N–H and O–H groups in total. The van der Waals surface area contributed by atoms with Crippen LogP contribution in [0.15, 0.2) is 12.1 Å². The van der Waals surface area contributed by atoms with Crippen LogP contribution >= 0.6 is 0 Å². The van der Waals surface area contributed by atoms with Gasteiger partial charge in [-0.05, 0) is 25.0 Å². The molecule has 19 heavy (non-hydrogen) atoms. The molecule has 0 aliphatic heterocycles. The summed E-state index contributed by atoms with van der Waals surface area (Å²) in [6, 6.07) is 1.54. The first-order valence-corrected chi connectivity index (χ1v) is 6.09. The van der Waals surface area contributed by atoms with Gasteiger partial charge in [-0.3, -0.25) is 0 Å². The summed E-state index contributed by atoms with van der Waals surface area (Å²) in [7, 11) is 0. The molecule has 1 aromatic carbocycles. The fourth-order valence-electron chi connectivity index (χ4n) is 2.46. The van der Waals surface area contributed by atoms with Gasteiger partial charge in [0.1, 0.15) is 17.3 Å². The van der Waals surface area contributed by atoms with Crippen molar-refractivity contribution in [1.29, 1.82) is 0 Å². The smallest absolute Gasteiger partial charge is 0.335 e. The van der Waals surface area contributed by atoms with Crippen LogP contribution in [0.25, 0.3) is 0 Å². The summed E-state index contributed by atoms with van der Waals surface area (Å²) in [5.41, 5.74) is -1.53. The van der Waals surface area contributed by atoms with Crippen LogP contribution in [-0.4, -0.2) is 28.3 Å². The molecule has 0 amide bonds. The van der Waals surface area contributed by atoms with Crippen molar-refractivity contribution in [3.05, 3.63) is 29.3 Å². The summed E-state index contributed by atoms with van der Waals surface area (Å²) in [4.78, 5) is 10.7. The minimum absolute atomic E-state index is 0.216. The highest BCUT2D eigenvalue weighted by atomic mass is 19.1. The Hall–Kier alpha value is -1.69. The molecule has 1 aliphatic carbocycles. The van der Waals surface area contributed by atoms with Gasteiger partial charge in [0.2, 0.25) is 0 Å². The van der Waals surface area contributed by atoms with E-state index in [1.54, 1.807) is 0 Å². The standard InChI is InChI=1S/C13H15F2NO3/c14-9-5-8(12(18)19)6-10(15)11(9)16-13(7-17)3-1-2-4-13/h5-6,16-17H,1-4,7H2,(H,18,19). The zero-order valence-electron chi connectivity index (χ0n) is 10.2. The molecule has 0 atom stereocenters. The lowest BCUT2D eigenvalue weighted by molar-refractivity contribution is 0.0695. The molecule has 1 aliphatic rings. The highest BCUT2D eigenvalue weighted by Gasteiger charge is 2.34. The van der Waals surface area contributed by atoms with Gasteiger partial charge < -0.3 is 15.5 Å². The van der Waals surface area contributed by atoms with E-state index >= 15 is 0 Å². The third-order valence-corrected chi connectivity index (χ3v) is 3.54. The van der Waals surface area contributed by atoms with Crippen molar-refractivity contribution < 1.29 is 23.8 Å². The Labute approximate surface area is 109 Å². The lowest BCUT2D eigenvalue weighted by Gasteiger charge is -2.29. The van der Waals surface area contributed by atoms with Crippen LogP contribution in [0, 0.1) is 11.6 Å². The van der Waals surface area contributed by atoms with Crippen LogP contribution in [-0.2, 0) is 0 Å². The van der Waals surface area contributed by atoms with Crippen molar-refractivity contribution in [2.45, 2.75) is 31.2 Å². The second-order valence-electron chi connectivity index (χ2n) is 4.89. The van der Waals surface area contributed by atoms with E-state index in [1.165, 1.54) is 0 Å². The predicted octanol–water partition coefficient (Wildman–Crippen LogP) is 2.38. The van der Waals surface area contributed by atoms with Gasteiger partial charge in [-0.2, -0.15) is 0 Å². The first-order chi connectivity index (χ1) is 8.97. The normalized spacial score (nSPS) is 17.4. The highest BCUT2D eigenvalue weighted by Crippen LogP contribution is 2.34. The van der Waals surface area contributed by atoms with Crippen molar-refractivity contribution >= 4 is 11.7 Å². The zero-order valence-corrected chi connectivity index (χ0v) is 10.2. The van der Waals surface area contributed by atoms with Crippen molar-refractivity contribution in [2.24, 2.45) is 0 Å². The molecular formula is C13H15F2NO3. The molecule has 0 bridgehead atoms. The summed E-state index contributed by atoms with van der Waals surface area (Å²) in [6.07, 6.45) is 3.01. The highest BCUT2D eigenvalue weighted by molar-refractivity contribution is 5.88. The van der Waals surface area contributed by atoms with Gasteiger partial charge >= 0.3 is 5.97 Å². The van der Waals surface area contributed by atoms with Gasteiger partial charge in [-0.1, -0.05) is 12.8 Å². The van der Waals surface area contributed by atoms with Gasteiger partial charge in [0.25, 0.3) is 0 Å². The number of benzene rings is 1. The van der Waals surface area contributed by atoms with Gasteiger partial charge in [0.05, 0.1) is 17.7 Å². The summed E-state index contributed by atoms with van der Waals surface area (Å²) in [5, 5.41) is 20.8. The number of aromatic carboxylic acids is 1. The molecule has 0 spiro atoms. The van der Waals surface area contributed by atoms with E-state index in [2.05, 4.69) is 5.32 Å². The molecule has 0 saturated heterocycles. The maximum atomic E-state index is 13.8. The largest absolute Gasteiger partial charge is 0.478 e. The maximum absolute atomic E-state index is 13.8. The number of carboxylic acids is 1. The van der Waals surface area contributed by atoms with Crippen LogP contribution in [0.4, 0.5) is 14.5 Å². The molecule has 0 unspecified atom stereocenters. The molecule has 6 heteroatoms. The van der Waals surface area contributed by atoms with Gasteiger partial charge in [0, 0.05) is 0 Å². The average Bonchev–Trinajstić information content (AvgIpc) is 2.83. The number of aliphatic hydroxyl groups is 1. The number of rotatable bonds is 4. The number of carbonyl (C=O) groups is 1. The zero-order chi connectivity index (χ0) is 14.0. The van der Waals surface area contributed by atoms with Crippen molar-refractivity contribution in [3.63, 3.8) is 0 Å². The summed E-state index contributed by atoms with van der Waals surface area (Å²) >= 11 is 0. The Kier molecular flexibility index (Phi) is 3.71. The number of hydrogen-bond donors (Lipinski definition) is 3. The van der Waals surface area contributed by atoms with E-state index in [1.807, 2.05) is 0 Å². The van der Waals surface area contributed by atoms with Crippen molar-refractivity contribution in [1.82, 2.24) is 0 Å². The lowest BCUT2D eigenvalue weighted by atomic mass is 9.98. The molecule has 1 aromatic rings. The number of hydrogen-bond acceptors (Lipinski definition) is 3. The maximum Gasteiger partial charge on any atom is 0.335 e. The summed E-state index contributed by atoms with van der Waals surface area (Å²) < 4.78 is 27.6. The second-order valence-corrected chi connectivity index (χ2v) is 4.89. The van der Waals surface area contributed by atoms with E-state index < -0.39 is 28.7 Å². The van der Waals surface area contributed by atoms with Crippen LogP contribution in [0.1, 0.15) is 36.0 Å². The molecule has 0 aromatic heterocycles. The minimum Gasteiger partial charge on any atom is -0.478 e. The van der Waals surface area contributed by atoms with E-state index in [-0.39, 0.29) is 12.3 Å². The Morgan fingerprint density at radius 2 is 1.79 bits per heavy atom. The van der Waals surface area contributed by atoms with Gasteiger partial charge in [-0.25, -0.2) is 13.6 Å². The van der Waals surface area contributed by atoms with Crippen molar-refractivity contribution in [2.75, 3.05) is 11.9 Å². The van der Waals surface area contributed by atoms with E-state index in [4.69, 9.17) is 5.11 Å². The van der Waals surface area contributed by atoms with Crippen LogP contribution in [0.3, 0.4) is 0 Å². The Morgan fingerprint density at radius 3 is 2.21 bits per heavy atom. The molecule has 1 fully saturated rings. The van der Waals surface area contributed by atoms with Crippen LogP contribution in [0.2, 0.25) is 0 Å². The molecule has 104 valence electrons. The number of aliphatic hydroxyl groups excluding tert-OH is 1. The monoisotopic (exact) mass is 271 g/mol. The lowest BCUT2D eigenvalue weighted by Crippen LogP contribution is -2.39. The third-order valence-electron chi connectivity index (χ3n) is 3.54. The number of nitrogens with one attached hydrogen (secondary N) is 1. The molecule has 0 heterocycles. The van der Waals surface area contributed by atoms with Crippen molar-refractivity contribution in [3.8, 4) is 0 Å². The van der Waals surface area contributed by atoms with E-state index in [9.17, 15) is 18.7 Å². The summed E-state index contributed by atoms with van der Waals surface area (Å²) in [6.45, 7) is -0.216. The minimum atomic E-state index is -1.39. The molecular weight excluding hydrogens is 256 g/mol. The van der Waals surface area contributed by atoms with E-state index in [0.717, 1.165) is 25.0 Å². The predicted molar refractivity (Wildman–Crippen MR) is 65.2 cm³/mol. The fraction of sp³-hybridized carbons (Fsp3) is 0.462. The Morgan fingerprint density at radius 1 is 1.26 bits per heavy atom. The van der Waals surface area contributed by atoms with Crippen LogP contribution in [0.5, 0.6) is 0 Å². The quantitative estimate of drug-likeness (QED) is 0.786. The molecule has 0 radical (unpaired) electrons.